The number of hydrogen-bond donors (Lipinski definition) is 1. The minimum Gasteiger partial charge on any atom is -0.367 e. The smallest absolute Gasteiger partial charge is 0.367 e. The highest BCUT2D eigenvalue weighted by Gasteiger charge is 2.45. The number of nitrogens with one attached hydrogen (secondary N) is 1. The molecule has 2 aromatic rings. The van der Waals surface area contributed by atoms with Crippen molar-refractivity contribution < 1.29 is 18.0 Å². The van der Waals surface area contributed by atoms with Crippen molar-refractivity contribution in [2.45, 2.75) is 18.6 Å². The Morgan fingerprint density at radius 2 is 1.85 bits per heavy atom. The minimum atomic E-state index is -4.40. The first-order valence-corrected chi connectivity index (χ1v) is 10.9. The number of anilines is 1. The van der Waals surface area contributed by atoms with Gasteiger partial charge in [0, 0.05) is 57.7 Å². The van der Waals surface area contributed by atoms with Crippen LogP contribution in [0.15, 0.2) is 24.5 Å². The Balaban J connectivity index is 1.54. The summed E-state index contributed by atoms with van der Waals surface area (Å²) in [4.78, 5) is 26.9. The van der Waals surface area contributed by atoms with Gasteiger partial charge in [-0.05, 0) is 25.6 Å². The van der Waals surface area contributed by atoms with Crippen molar-refractivity contribution in [3.05, 3.63) is 30.1 Å². The van der Waals surface area contributed by atoms with Crippen LogP contribution in [0, 0.1) is 17.2 Å². The third-order valence-corrected chi connectivity index (χ3v) is 6.31. The molecule has 8 nitrogen and oxygen atoms in total. The van der Waals surface area contributed by atoms with Crippen molar-refractivity contribution >= 4 is 22.6 Å². The molecule has 2 aliphatic rings. The van der Waals surface area contributed by atoms with Gasteiger partial charge in [0.1, 0.15) is 17.1 Å². The maximum Gasteiger partial charge on any atom is 0.393 e. The van der Waals surface area contributed by atoms with Crippen LogP contribution in [0.3, 0.4) is 0 Å². The number of carbonyl (C=O) groups excluding carboxylic acids is 1. The Hall–Kier alpha value is -2.97. The molecule has 2 atom stereocenters. The van der Waals surface area contributed by atoms with Gasteiger partial charge >= 0.3 is 6.18 Å². The van der Waals surface area contributed by atoms with Gasteiger partial charge in [0.15, 0.2) is 0 Å². The Kier molecular flexibility index (Phi) is 6.67. The van der Waals surface area contributed by atoms with Crippen molar-refractivity contribution in [2.75, 3.05) is 57.8 Å². The van der Waals surface area contributed by atoms with Crippen LogP contribution in [0.2, 0.25) is 0 Å². The Labute approximate surface area is 190 Å². The quantitative estimate of drug-likeness (QED) is 0.740. The predicted molar refractivity (Wildman–Crippen MR) is 116 cm³/mol. The van der Waals surface area contributed by atoms with E-state index in [-0.39, 0.29) is 32.0 Å². The highest BCUT2D eigenvalue weighted by molar-refractivity contribution is 5.92. The molecule has 0 radical (unpaired) electrons. The number of alkyl halides is 3. The largest absolute Gasteiger partial charge is 0.393 e. The number of piperazine rings is 1. The highest BCUT2D eigenvalue weighted by Crippen LogP contribution is 2.36. The number of benzene rings is 1. The molecule has 176 valence electrons. The van der Waals surface area contributed by atoms with Crippen LogP contribution in [0.5, 0.6) is 0 Å². The van der Waals surface area contributed by atoms with E-state index in [1.165, 1.54) is 12.4 Å². The molecule has 11 heteroatoms. The number of hydrogen-bond acceptors (Lipinski definition) is 7. The summed E-state index contributed by atoms with van der Waals surface area (Å²) in [6.45, 7) is 3.36. The number of piperidine rings is 1. The fraction of sp³-hybridized carbons (Fsp3) is 0.545. The number of aromatic nitrogens is 2. The lowest BCUT2D eigenvalue weighted by Crippen LogP contribution is -2.56. The van der Waals surface area contributed by atoms with Crippen LogP contribution < -0.4 is 10.2 Å². The van der Waals surface area contributed by atoms with Gasteiger partial charge in [-0.3, -0.25) is 19.7 Å². The highest BCUT2D eigenvalue weighted by atomic mass is 19.4. The van der Waals surface area contributed by atoms with Crippen molar-refractivity contribution in [2.24, 2.45) is 5.92 Å². The van der Waals surface area contributed by atoms with Crippen LogP contribution >= 0.6 is 0 Å². The van der Waals surface area contributed by atoms with E-state index in [1.807, 2.05) is 18.0 Å². The standard InChI is InChI=1S/C22H26F3N7O/c1-30-6-8-31(9-7-30)14-19(33)29-17-10-16(22(23,24)25)12-32(13-17)18-3-2-15(11-26)20-21(18)28-5-4-27-20/h2-5,16-17H,6-10,12-14H2,1H3,(H,29,33). The van der Waals surface area contributed by atoms with Crippen molar-refractivity contribution in [1.29, 1.82) is 5.26 Å². The average Bonchev–Trinajstić information content (AvgIpc) is 2.79. The number of fused-ring (bicyclic) bond motifs is 1. The molecule has 1 N–H and O–H groups in total. The monoisotopic (exact) mass is 461 g/mol. The number of nitriles is 1. The lowest BCUT2D eigenvalue weighted by molar-refractivity contribution is -0.178. The molecule has 0 saturated carbocycles. The first-order valence-electron chi connectivity index (χ1n) is 10.9. The maximum absolute atomic E-state index is 13.8. The second kappa shape index (κ2) is 9.49. The summed E-state index contributed by atoms with van der Waals surface area (Å²) in [5, 5.41) is 12.2. The molecule has 0 aliphatic carbocycles. The molecule has 2 fully saturated rings. The predicted octanol–water partition coefficient (Wildman–Crippen LogP) is 1.62. The summed E-state index contributed by atoms with van der Waals surface area (Å²) >= 11 is 0. The van der Waals surface area contributed by atoms with Gasteiger partial charge in [-0.1, -0.05) is 0 Å². The van der Waals surface area contributed by atoms with Gasteiger partial charge in [-0.25, -0.2) is 0 Å². The molecular weight excluding hydrogens is 435 g/mol. The van der Waals surface area contributed by atoms with Gasteiger partial charge in [0.2, 0.25) is 5.91 Å². The fourth-order valence-corrected chi connectivity index (χ4v) is 4.51. The van der Waals surface area contributed by atoms with Gasteiger partial charge in [-0.15, -0.1) is 0 Å². The molecule has 0 bridgehead atoms. The Bertz CT molecular complexity index is 1050. The normalized spacial score (nSPS) is 22.8. The Morgan fingerprint density at radius 1 is 1.15 bits per heavy atom. The van der Waals surface area contributed by atoms with Crippen LogP contribution in [0.25, 0.3) is 11.0 Å². The molecule has 2 saturated heterocycles. The summed E-state index contributed by atoms with van der Waals surface area (Å²) in [5.74, 6) is -1.86. The molecule has 33 heavy (non-hydrogen) atoms. The van der Waals surface area contributed by atoms with Crippen molar-refractivity contribution in [3.63, 3.8) is 0 Å². The van der Waals surface area contributed by atoms with Crippen LogP contribution in [0.4, 0.5) is 18.9 Å². The number of carbonyl (C=O) groups is 1. The second-order valence-electron chi connectivity index (χ2n) is 8.72. The maximum atomic E-state index is 13.8. The van der Waals surface area contributed by atoms with E-state index in [0.717, 1.165) is 26.2 Å². The second-order valence-corrected chi connectivity index (χ2v) is 8.72. The average molecular weight is 461 g/mol. The van der Waals surface area contributed by atoms with E-state index in [2.05, 4.69) is 20.2 Å². The summed E-state index contributed by atoms with van der Waals surface area (Å²) in [5.41, 5.74) is 1.51. The van der Waals surface area contributed by atoms with Gasteiger partial charge in [0.05, 0.1) is 23.7 Å². The van der Waals surface area contributed by atoms with E-state index in [9.17, 15) is 23.2 Å². The molecule has 1 aromatic heterocycles. The fourth-order valence-electron chi connectivity index (χ4n) is 4.51. The minimum absolute atomic E-state index is 0.172. The van der Waals surface area contributed by atoms with Crippen LogP contribution in [-0.2, 0) is 4.79 Å². The molecule has 4 rings (SSSR count). The molecule has 1 aromatic carbocycles. The van der Waals surface area contributed by atoms with Gasteiger partial charge in [0.25, 0.3) is 0 Å². The number of nitrogens with zero attached hydrogens (tertiary/aromatic N) is 6. The third kappa shape index (κ3) is 5.34. The zero-order chi connectivity index (χ0) is 23.6. The molecule has 0 spiro atoms. The first-order chi connectivity index (χ1) is 15.7. The van der Waals surface area contributed by atoms with Gasteiger partial charge in [-0.2, -0.15) is 18.4 Å². The zero-order valence-corrected chi connectivity index (χ0v) is 18.3. The van der Waals surface area contributed by atoms with Gasteiger partial charge < -0.3 is 15.1 Å². The third-order valence-electron chi connectivity index (χ3n) is 6.31. The van der Waals surface area contributed by atoms with Crippen LogP contribution in [-0.4, -0.2) is 90.8 Å². The van der Waals surface area contributed by atoms with E-state index < -0.39 is 18.1 Å². The first kappa shape index (κ1) is 23.2. The molecule has 2 unspecified atom stereocenters. The van der Waals surface area contributed by atoms with E-state index >= 15 is 0 Å². The number of halogens is 3. The van der Waals surface area contributed by atoms with E-state index in [4.69, 9.17) is 0 Å². The summed E-state index contributed by atoms with van der Waals surface area (Å²) in [6.07, 6.45) is -1.67. The van der Waals surface area contributed by atoms with Crippen molar-refractivity contribution in [1.82, 2.24) is 25.1 Å². The Morgan fingerprint density at radius 3 is 2.52 bits per heavy atom. The summed E-state index contributed by atoms with van der Waals surface area (Å²) in [7, 11) is 2.02. The van der Waals surface area contributed by atoms with Crippen LogP contribution in [0.1, 0.15) is 12.0 Å². The number of likely N-dealkylation sites (N-methyl/N-ethyl adjacent to an activating group) is 1. The summed E-state index contributed by atoms with van der Waals surface area (Å²) in [6, 6.07) is 4.54. The summed E-state index contributed by atoms with van der Waals surface area (Å²) < 4.78 is 41.3. The molecule has 3 heterocycles. The van der Waals surface area contributed by atoms with Crippen molar-refractivity contribution in [3.8, 4) is 6.07 Å². The lowest BCUT2D eigenvalue weighted by Gasteiger charge is -2.40. The molecular formula is C22H26F3N7O. The van der Waals surface area contributed by atoms with E-state index in [0.29, 0.717) is 22.3 Å². The van der Waals surface area contributed by atoms with E-state index in [1.54, 1.807) is 17.0 Å². The molecule has 2 aliphatic heterocycles. The zero-order valence-electron chi connectivity index (χ0n) is 18.3. The topological polar surface area (TPSA) is 88.4 Å². The lowest BCUT2D eigenvalue weighted by atomic mass is 9.92. The SMILES string of the molecule is CN1CCN(CC(=O)NC2CC(C(F)(F)F)CN(c3ccc(C#N)c4nccnc34)C2)CC1. The number of rotatable bonds is 4. The molecule has 1 amide bonds. The number of amides is 1.